The quantitative estimate of drug-likeness (QED) is 0.892. The first-order valence-electron chi connectivity index (χ1n) is 9.99. The first-order valence-corrected chi connectivity index (χ1v) is 9.99. The predicted molar refractivity (Wildman–Crippen MR) is 100 cm³/mol. The molecule has 1 N–H and O–H groups in total. The Balaban J connectivity index is 1.50. The van der Waals surface area contributed by atoms with E-state index < -0.39 is 0 Å². The van der Waals surface area contributed by atoms with Crippen LogP contribution in [0, 0.1) is 5.92 Å². The van der Waals surface area contributed by atoms with Crippen LogP contribution in [0.1, 0.15) is 63.6 Å². The lowest BCUT2D eigenvalue weighted by Gasteiger charge is -2.32. The number of aryl methyl sites for hydroxylation is 2. The summed E-state index contributed by atoms with van der Waals surface area (Å²) in [4.78, 5) is 15.4. The van der Waals surface area contributed by atoms with E-state index >= 15 is 0 Å². The van der Waals surface area contributed by atoms with Gasteiger partial charge in [0, 0.05) is 37.2 Å². The number of carbonyl (C=O) groups is 1. The van der Waals surface area contributed by atoms with Crippen molar-refractivity contribution in [3.8, 4) is 0 Å². The zero-order chi connectivity index (χ0) is 17.9. The molecule has 0 aromatic carbocycles. The molecular formula is C20H34N4O. The Morgan fingerprint density at radius 2 is 2.00 bits per heavy atom. The van der Waals surface area contributed by atoms with E-state index in [1.165, 1.54) is 50.0 Å². The third-order valence-electron chi connectivity index (χ3n) is 5.93. The minimum atomic E-state index is -0.143. The maximum atomic E-state index is 12.8. The number of carbonyl (C=O) groups excluding carboxylic acids is 1. The normalized spacial score (nSPS) is 22.3. The molecule has 0 spiro atoms. The molecule has 3 rings (SSSR count). The summed E-state index contributed by atoms with van der Waals surface area (Å²) >= 11 is 0. The standard InChI is InChI=1S/C20H34N4O/c1-20(2,10-13-24-11-6-4-5-7-12-24)22-19(25)16-8-9-17-15-21-23(3)18(17)14-16/h15-16H,4-14H2,1-3H3,(H,22,25)/t16-/m1/s1. The predicted octanol–water partition coefficient (Wildman–Crippen LogP) is 2.69. The molecule has 2 heterocycles. The average Bonchev–Trinajstić information content (AvgIpc) is 2.79. The van der Waals surface area contributed by atoms with Gasteiger partial charge in [0.05, 0.1) is 6.20 Å². The average molecular weight is 347 g/mol. The van der Waals surface area contributed by atoms with E-state index in [0.717, 1.165) is 32.2 Å². The summed E-state index contributed by atoms with van der Waals surface area (Å²) in [6.45, 7) is 7.86. The van der Waals surface area contributed by atoms with E-state index in [1.807, 2.05) is 17.9 Å². The van der Waals surface area contributed by atoms with Crippen molar-refractivity contribution in [2.75, 3.05) is 19.6 Å². The molecule has 1 atom stereocenters. The Morgan fingerprint density at radius 3 is 2.72 bits per heavy atom. The van der Waals surface area contributed by atoms with Gasteiger partial charge in [0.2, 0.25) is 5.91 Å². The van der Waals surface area contributed by atoms with Crippen molar-refractivity contribution < 1.29 is 4.79 Å². The van der Waals surface area contributed by atoms with Gasteiger partial charge >= 0.3 is 0 Å². The zero-order valence-electron chi connectivity index (χ0n) is 16.2. The van der Waals surface area contributed by atoms with Gasteiger partial charge in [-0.25, -0.2) is 0 Å². The lowest BCUT2D eigenvalue weighted by atomic mass is 9.86. The molecule has 5 heteroatoms. The van der Waals surface area contributed by atoms with Gasteiger partial charge in [-0.3, -0.25) is 9.48 Å². The molecule has 0 saturated carbocycles. The van der Waals surface area contributed by atoms with Crippen molar-refractivity contribution in [1.29, 1.82) is 0 Å². The highest BCUT2D eigenvalue weighted by Gasteiger charge is 2.30. The van der Waals surface area contributed by atoms with E-state index in [2.05, 4.69) is 29.2 Å². The van der Waals surface area contributed by atoms with Gasteiger partial charge in [0.15, 0.2) is 0 Å². The Morgan fingerprint density at radius 1 is 1.28 bits per heavy atom. The van der Waals surface area contributed by atoms with Gasteiger partial charge in [-0.15, -0.1) is 0 Å². The molecule has 2 aliphatic rings. The highest BCUT2D eigenvalue weighted by Crippen LogP contribution is 2.26. The Hall–Kier alpha value is -1.36. The number of rotatable bonds is 5. The summed E-state index contributed by atoms with van der Waals surface area (Å²) in [6, 6.07) is 0. The van der Waals surface area contributed by atoms with Crippen LogP contribution in [-0.4, -0.2) is 45.8 Å². The molecule has 25 heavy (non-hydrogen) atoms. The molecule has 1 amide bonds. The van der Waals surface area contributed by atoms with Crippen LogP contribution in [0.4, 0.5) is 0 Å². The van der Waals surface area contributed by atoms with Crippen molar-refractivity contribution in [2.45, 2.75) is 70.8 Å². The Bertz CT molecular complexity index is 585. The SMILES string of the molecule is Cn1ncc2c1C[C@H](C(=O)NC(C)(C)CCN1CCCCCC1)CC2. The minimum Gasteiger partial charge on any atom is -0.351 e. The fraction of sp³-hybridized carbons (Fsp3) is 0.800. The zero-order valence-corrected chi connectivity index (χ0v) is 16.2. The fourth-order valence-electron chi connectivity index (χ4n) is 4.16. The van der Waals surface area contributed by atoms with Crippen LogP contribution in [-0.2, 0) is 24.7 Å². The summed E-state index contributed by atoms with van der Waals surface area (Å²) in [5.74, 6) is 0.299. The van der Waals surface area contributed by atoms with Crippen molar-refractivity contribution in [3.05, 3.63) is 17.5 Å². The number of nitrogens with zero attached hydrogens (tertiary/aromatic N) is 3. The second kappa shape index (κ2) is 7.90. The van der Waals surface area contributed by atoms with Crippen molar-refractivity contribution in [3.63, 3.8) is 0 Å². The van der Waals surface area contributed by atoms with Gasteiger partial charge in [0.25, 0.3) is 0 Å². The topological polar surface area (TPSA) is 50.2 Å². The van der Waals surface area contributed by atoms with Crippen LogP contribution in [0.25, 0.3) is 0 Å². The number of likely N-dealkylation sites (tertiary alicyclic amines) is 1. The Kier molecular flexibility index (Phi) is 5.82. The smallest absolute Gasteiger partial charge is 0.223 e. The molecule has 0 bridgehead atoms. The molecule has 1 fully saturated rings. The van der Waals surface area contributed by atoms with Crippen molar-refractivity contribution in [1.82, 2.24) is 20.0 Å². The molecular weight excluding hydrogens is 312 g/mol. The first-order chi connectivity index (χ1) is 11.9. The number of amides is 1. The Labute approximate surface area is 152 Å². The lowest BCUT2D eigenvalue weighted by molar-refractivity contribution is -0.127. The molecule has 1 saturated heterocycles. The van der Waals surface area contributed by atoms with Gasteiger partial charge in [-0.2, -0.15) is 5.10 Å². The number of hydrogen-bond donors (Lipinski definition) is 1. The lowest BCUT2D eigenvalue weighted by Crippen LogP contribution is -2.48. The van der Waals surface area contributed by atoms with Crippen LogP contribution in [0.2, 0.25) is 0 Å². The van der Waals surface area contributed by atoms with Crippen molar-refractivity contribution in [2.24, 2.45) is 13.0 Å². The third-order valence-corrected chi connectivity index (χ3v) is 5.93. The van der Waals surface area contributed by atoms with E-state index in [0.29, 0.717) is 0 Å². The monoisotopic (exact) mass is 346 g/mol. The van der Waals surface area contributed by atoms with E-state index in [1.54, 1.807) is 0 Å². The molecule has 140 valence electrons. The fourth-order valence-corrected chi connectivity index (χ4v) is 4.16. The molecule has 0 radical (unpaired) electrons. The molecule has 0 unspecified atom stereocenters. The number of nitrogens with one attached hydrogen (secondary N) is 1. The molecule has 1 aliphatic heterocycles. The van der Waals surface area contributed by atoms with E-state index in [9.17, 15) is 4.79 Å². The van der Waals surface area contributed by atoms with E-state index in [-0.39, 0.29) is 17.4 Å². The van der Waals surface area contributed by atoms with Gasteiger partial charge in [0.1, 0.15) is 0 Å². The van der Waals surface area contributed by atoms with Crippen molar-refractivity contribution >= 4 is 5.91 Å². The van der Waals surface area contributed by atoms with E-state index in [4.69, 9.17) is 0 Å². The van der Waals surface area contributed by atoms with Crippen LogP contribution in [0.5, 0.6) is 0 Å². The van der Waals surface area contributed by atoms with Crippen LogP contribution < -0.4 is 5.32 Å². The summed E-state index contributed by atoms with van der Waals surface area (Å²) in [7, 11) is 1.98. The van der Waals surface area contributed by atoms with Gasteiger partial charge in [-0.05, 0) is 64.6 Å². The molecule has 1 aromatic rings. The van der Waals surface area contributed by atoms with Crippen LogP contribution >= 0.6 is 0 Å². The highest BCUT2D eigenvalue weighted by molar-refractivity contribution is 5.80. The molecule has 5 nitrogen and oxygen atoms in total. The third kappa shape index (κ3) is 4.84. The van der Waals surface area contributed by atoms with Crippen LogP contribution in [0.3, 0.4) is 0 Å². The number of fused-ring (bicyclic) bond motifs is 1. The maximum Gasteiger partial charge on any atom is 0.223 e. The molecule has 1 aromatic heterocycles. The summed E-state index contributed by atoms with van der Waals surface area (Å²) in [6.07, 6.45) is 11.1. The second-order valence-corrected chi connectivity index (χ2v) is 8.56. The highest BCUT2D eigenvalue weighted by atomic mass is 16.2. The maximum absolute atomic E-state index is 12.8. The van der Waals surface area contributed by atoms with Gasteiger partial charge in [-0.1, -0.05) is 12.8 Å². The van der Waals surface area contributed by atoms with Crippen LogP contribution in [0.15, 0.2) is 6.20 Å². The first kappa shape index (κ1) is 18.4. The summed E-state index contributed by atoms with van der Waals surface area (Å²) in [5.41, 5.74) is 2.40. The number of hydrogen-bond acceptors (Lipinski definition) is 3. The summed E-state index contributed by atoms with van der Waals surface area (Å²) < 4.78 is 1.93. The molecule has 1 aliphatic carbocycles. The van der Waals surface area contributed by atoms with Gasteiger partial charge < -0.3 is 10.2 Å². The second-order valence-electron chi connectivity index (χ2n) is 8.56. The number of aromatic nitrogens is 2. The summed E-state index contributed by atoms with van der Waals surface area (Å²) in [5, 5.41) is 7.66. The largest absolute Gasteiger partial charge is 0.351 e. The minimum absolute atomic E-state index is 0.0837.